The number of hydrogen-bond acceptors (Lipinski definition) is 4. The minimum Gasteiger partial charge on any atom is -0.341 e. The molecule has 5 atom stereocenters. The summed E-state index contributed by atoms with van der Waals surface area (Å²) in [6.07, 6.45) is 8.05. The van der Waals surface area contributed by atoms with Gasteiger partial charge in [-0.3, -0.25) is 9.52 Å². The molecule has 3 aliphatic rings. The molecule has 2 aliphatic heterocycles. The third-order valence-electron chi connectivity index (χ3n) is 5.88. The molecule has 1 aromatic carbocycles. The molecule has 0 bridgehead atoms. The minimum atomic E-state index is 0.306. The molecule has 1 amide bonds. The van der Waals surface area contributed by atoms with Crippen molar-refractivity contribution in [2.75, 3.05) is 19.3 Å². The molecule has 0 aromatic heterocycles. The van der Waals surface area contributed by atoms with Crippen LogP contribution >= 0.6 is 23.7 Å². The van der Waals surface area contributed by atoms with Gasteiger partial charge in [0.1, 0.15) is 0 Å². The Morgan fingerprint density at radius 1 is 1.24 bits per heavy atom. The van der Waals surface area contributed by atoms with Crippen molar-refractivity contribution in [3.05, 3.63) is 35.9 Å². The smallest absolute Gasteiger partial charge is 0.226 e. The summed E-state index contributed by atoms with van der Waals surface area (Å²) in [5.41, 5.74) is 1.46. The highest BCUT2D eigenvalue weighted by Gasteiger charge is 2.51. The summed E-state index contributed by atoms with van der Waals surface area (Å²) < 4.78 is 3.44. The number of thioether (sulfide) groups is 1. The van der Waals surface area contributed by atoms with Crippen LogP contribution in [0.5, 0.6) is 0 Å². The molecule has 1 N–H and O–H groups in total. The van der Waals surface area contributed by atoms with E-state index in [9.17, 15) is 4.79 Å². The zero-order valence-electron chi connectivity index (χ0n) is 14.9. The first-order chi connectivity index (χ1) is 12.3. The van der Waals surface area contributed by atoms with Crippen LogP contribution in [0, 0.1) is 11.8 Å². The van der Waals surface area contributed by atoms with Gasteiger partial charge in [0, 0.05) is 35.5 Å². The fourth-order valence-corrected chi connectivity index (χ4v) is 6.78. The predicted molar refractivity (Wildman–Crippen MR) is 108 cm³/mol. The molecule has 1 aromatic rings. The molecular formula is C20H28N2OS2. The van der Waals surface area contributed by atoms with Gasteiger partial charge < -0.3 is 4.90 Å². The number of amides is 1. The third-order valence-corrected chi connectivity index (χ3v) is 8.22. The summed E-state index contributed by atoms with van der Waals surface area (Å²) in [5.74, 6) is 1.36. The van der Waals surface area contributed by atoms with Crippen molar-refractivity contribution in [2.45, 2.75) is 48.6 Å². The molecule has 2 saturated heterocycles. The lowest BCUT2D eigenvalue weighted by Crippen LogP contribution is -2.47. The molecule has 0 spiro atoms. The van der Waals surface area contributed by atoms with E-state index < -0.39 is 0 Å². The number of benzene rings is 1. The molecule has 1 saturated carbocycles. The lowest BCUT2D eigenvalue weighted by molar-refractivity contribution is -0.134. The molecule has 2 heterocycles. The van der Waals surface area contributed by atoms with Crippen LogP contribution in [-0.2, 0) is 4.79 Å². The second kappa shape index (κ2) is 7.93. The molecule has 1 aliphatic carbocycles. The number of hydrogen-bond donors (Lipinski definition) is 1. The molecule has 136 valence electrons. The molecule has 5 unspecified atom stereocenters. The standard InChI is InChI=1S/C20H28N2OS2/c1-24-21-15-8-5-11-22(13-15)20(23)17-12-16(17)19-10-9-18(25-19)14-6-3-2-4-7-14/h2-4,6-7,15-19,21H,5,8-13H2,1H3. The average Bonchev–Trinajstić information content (AvgIpc) is 3.30. The van der Waals surface area contributed by atoms with Gasteiger partial charge in [-0.1, -0.05) is 42.3 Å². The van der Waals surface area contributed by atoms with Crippen molar-refractivity contribution in [1.29, 1.82) is 0 Å². The molecule has 25 heavy (non-hydrogen) atoms. The summed E-state index contributed by atoms with van der Waals surface area (Å²) in [4.78, 5) is 15.0. The Hall–Kier alpha value is -0.650. The maximum absolute atomic E-state index is 12.9. The van der Waals surface area contributed by atoms with E-state index in [2.05, 4.69) is 58.0 Å². The van der Waals surface area contributed by atoms with Gasteiger partial charge in [-0.25, -0.2) is 0 Å². The molecule has 3 fully saturated rings. The highest BCUT2D eigenvalue weighted by atomic mass is 32.2. The summed E-state index contributed by atoms with van der Waals surface area (Å²) in [5, 5.41) is 1.32. The number of rotatable bonds is 5. The SMILES string of the molecule is CSNC1CCCN(C(=O)C2CC2C2CCC(c3ccccc3)S2)C1. The average molecular weight is 377 g/mol. The maximum Gasteiger partial charge on any atom is 0.226 e. The highest BCUT2D eigenvalue weighted by Crippen LogP contribution is 2.56. The molecule has 3 nitrogen and oxygen atoms in total. The van der Waals surface area contributed by atoms with Crippen LogP contribution in [0.15, 0.2) is 30.3 Å². The lowest BCUT2D eigenvalue weighted by Gasteiger charge is -2.33. The number of nitrogens with zero attached hydrogens (tertiary/aromatic N) is 1. The quantitative estimate of drug-likeness (QED) is 0.784. The Morgan fingerprint density at radius 3 is 2.88 bits per heavy atom. The van der Waals surface area contributed by atoms with Crippen molar-refractivity contribution < 1.29 is 4.79 Å². The zero-order chi connectivity index (χ0) is 17.2. The number of carbonyl (C=O) groups excluding carboxylic acids is 1. The monoisotopic (exact) mass is 376 g/mol. The van der Waals surface area contributed by atoms with Crippen LogP contribution in [0.4, 0.5) is 0 Å². The summed E-state index contributed by atoms with van der Waals surface area (Å²) >= 11 is 3.80. The predicted octanol–water partition coefficient (Wildman–Crippen LogP) is 4.12. The van der Waals surface area contributed by atoms with Gasteiger partial charge in [-0.05, 0) is 49.8 Å². The number of carbonyl (C=O) groups is 1. The normalized spacial score (nSPS) is 34.9. The van der Waals surface area contributed by atoms with E-state index in [0.29, 0.717) is 34.3 Å². The second-order valence-electron chi connectivity index (χ2n) is 7.60. The van der Waals surface area contributed by atoms with Crippen LogP contribution in [0.3, 0.4) is 0 Å². The maximum atomic E-state index is 12.9. The zero-order valence-corrected chi connectivity index (χ0v) is 16.5. The largest absolute Gasteiger partial charge is 0.341 e. The van der Waals surface area contributed by atoms with Gasteiger partial charge in [-0.2, -0.15) is 11.8 Å². The minimum absolute atomic E-state index is 0.306. The number of nitrogens with one attached hydrogen (secondary N) is 1. The Kier molecular flexibility index (Phi) is 5.63. The van der Waals surface area contributed by atoms with E-state index in [4.69, 9.17) is 0 Å². The summed E-state index contributed by atoms with van der Waals surface area (Å²) in [6, 6.07) is 11.3. The first-order valence-electron chi connectivity index (χ1n) is 9.54. The molecule has 4 rings (SSSR count). The Bertz CT molecular complexity index is 595. The van der Waals surface area contributed by atoms with Crippen molar-refractivity contribution >= 4 is 29.6 Å². The van der Waals surface area contributed by atoms with E-state index in [-0.39, 0.29) is 0 Å². The van der Waals surface area contributed by atoms with Gasteiger partial charge in [0.2, 0.25) is 5.91 Å². The second-order valence-corrected chi connectivity index (χ2v) is 9.69. The first-order valence-corrected chi connectivity index (χ1v) is 11.7. The first kappa shape index (κ1) is 17.7. The van der Waals surface area contributed by atoms with Crippen LogP contribution in [0.1, 0.15) is 42.9 Å². The Labute approximate surface area is 159 Å². The van der Waals surface area contributed by atoms with Crippen molar-refractivity contribution in [3.63, 3.8) is 0 Å². The number of piperidine rings is 1. The van der Waals surface area contributed by atoms with Gasteiger partial charge >= 0.3 is 0 Å². The van der Waals surface area contributed by atoms with Gasteiger partial charge in [0.25, 0.3) is 0 Å². The highest BCUT2D eigenvalue weighted by molar-refractivity contribution is 8.00. The number of likely N-dealkylation sites (tertiary alicyclic amines) is 1. The fraction of sp³-hybridized carbons (Fsp3) is 0.650. The van der Waals surface area contributed by atoms with Crippen molar-refractivity contribution in [1.82, 2.24) is 9.62 Å². The van der Waals surface area contributed by atoms with Crippen LogP contribution in [-0.4, -0.2) is 41.4 Å². The Morgan fingerprint density at radius 2 is 2.08 bits per heavy atom. The van der Waals surface area contributed by atoms with Gasteiger partial charge in [-0.15, -0.1) is 0 Å². The van der Waals surface area contributed by atoms with Gasteiger partial charge in [0.15, 0.2) is 0 Å². The van der Waals surface area contributed by atoms with Crippen molar-refractivity contribution in [3.8, 4) is 0 Å². The summed E-state index contributed by atoms with van der Waals surface area (Å²) in [7, 11) is 0. The Balaban J connectivity index is 1.30. The topological polar surface area (TPSA) is 32.3 Å². The van der Waals surface area contributed by atoms with Crippen LogP contribution in [0.25, 0.3) is 0 Å². The van der Waals surface area contributed by atoms with E-state index in [0.717, 1.165) is 25.9 Å². The molecule has 0 radical (unpaired) electrons. The third kappa shape index (κ3) is 4.04. The summed E-state index contributed by atoms with van der Waals surface area (Å²) in [6.45, 7) is 1.85. The van der Waals surface area contributed by atoms with Crippen LogP contribution in [0.2, 0.25) is 0 Å². The van der Waals surface area contributed by atoms with E-state index in [1.807, 2.05) is 0 Å². The van der Waals surface area contributed by atoms with Crippen molar-refractivity contribution in [2.24, 2.45) is 11.8 Å². The van der Waals surface area contributed by atoms with Gasteiger partial charge in [0.05, 0.1) is 0 Å². The van der Waals surface area contributed by atoms with E-state index in [1.165, 1.54) is 24.8 Å². The van der Waals surface area contributed by atoms with Crippen LogP contribution < -0.4 is 4.72 Å². The molecule has 5 heteroatoms. The fourth-order valence-electron chi connectivity index (χ4n) is 4.47. The van der Waals surface area contributed by atoms with E-state index in [1.54, 1.807) is 11.9 Å². The molecular weight excluding hydrogens is 348 g/mol. The lowest BCUT2D eigenvalue weighted by atomic mass is 10.0. The van der Waals surface area contributed by atoms with E-state index >= 15 is 0 Å².